The topological polar surface area (TPSA) is 72.5 Å². The van der Waals surface area contributed by atoms with Crippen LogP contribution in [0.4, 0.5) is 4.79 Å². The van der Waals surface area contributed by atoms with E-state index in [4.69, 9.17) is 29.0 Å². The van der Waals surface area contributed by atoms with Crippen molar-refractivity contribution in [2.75, 3.05) is 0 Å². The maximum atomic E-state index is 12.2. The second-order valence-corrected chi connectivity index (χ2v) is 10.0. The molecular weight excluding hydrogens is 388 g/mol. The third-order valence-corrected chi connectivity index (χ3v) is 4.36. The summed E-state index contributed by atoms with van der Waals surface area (Å²) in [4.78, 5) is 34.0. The van der Waals surface area contributed by atoms with Crippen molar-refractivity contribution in [2.45, 2.75) is 143 Å². The average molecular weight is 435 g/mol. The predicted molar refractivity (Wildman–Crippen MR) is 117 cm³/mol. The lowest BCUT2D eigenvalue weighted by atomic mass is 10.0. The van der Waals surface area contributed by atoms with E-state index >= 15 is 0 Å². The highest BCUT2D eigenvalue weighted by Gasteiger charge is 2.35. The van der Waals surface area contributed by atoms with Crippen LogP contribution in [0.2, 0.25) is 0 Å². The molecule has 0 saturated carbocycles. The monoisotopic (exact) mass is 434 g/mol. The Bertz CT molecular complexity index is 442. The Morgan fingerprint density at radius 2 is 0.900 bits per heavy atom. The molecule has 0 saturated heterocycles. The first-order chi connectivity index (χ1) is 13.6. The van der Waals surface area contributed by atoms with E-state index in [0.717, 1.165) is 51.4 Å². The van der Waals surface area contributed by atoms with E-state index in [1.165, 1.54) is 0 Å². The molecule has 180 valence electrons. The zero-order chi connectivity index (χ0) is 23.5. The second-order valence-electron chi connectivity index (χ2n) is 10.0. The summed E-state index contributed by atoms with van der Waals surface area (Å²) in [6, 6.07) is 0. The van der Waals surface area contributed by atoms with Crippen LogP contribution < -0.4 is 0 Å². The molecule has 7 nitrogen and oxygen atoms in total. The molecule has 7 heteroatoms. The number of hydrogen-bond acceptors (Lipinski definition) is 7. The van der Waals surface area contributed by atoms with Gasteiger partial charge in [0.15, 0.2) is 0 Å². The van der Waals surface area contributed by atoms with E-state index in [1.807, 2.05) is 27.7 Å². The first-order valence-electron chi connectivity index (χ1n) is 11.3. The van der Waals surface area contributed by atoms with E-state index < -0.39 is 28.9 Å². The third-order valence-electron chi connectivity index (χ3n) is 4.36. The standard InChI is InChI=1S/C23H46O7/c1-11-13-15-17-20(3,4)27-29-22(7,8)25-19(24)26-23(9,10)30-28-21(5,6)18-16-14-12-2/h11-18H2,1-10H3. The van der Waals surface area contributed by atoms with Crippen LogP contribution >= 0.6 is 0 Å². The number of carbonyl (C=O) groups is 1. The van der Waals surface area contributed by atoms with E-state index in [-0.39, 0.29) is 0 Å². The fraction of sp³-hybridized carbons (Fsp3) is 0.957. The van der Waals surface area contributed by atoms with Crippen molar-refractivity contribution in [3.8, 4) is 0 Å². The van der Waals surface area contributed by atoms with Crippen LogP contribution in [0.3, 0.4) is 0 Å². The van der Waals surface area contributed by atoms with Crippen LogP contribution in [0.5, 0.6) is 0 Å². The molecule has 0 aromatic rings. The largest absolute Gasteiger partial charge is 0.513 e. The zero-order valence-corrected chi connectivity index (χ0v) is 21.0. The molecule has 0 amide bonds. The molecule has 0 aromatic carbocycles. The lowest BCUT2D eigenvalue weighted by molar-refractivity contribution is -0.458. The van der Waals surface area contributed by atoms with Crippen LogP contribution in [0.25, 0.3) is 0 Å². The molecule has 0 fully saturated rings. The van der Waals surface area contributed by atoms with E-state index in [0.29, 0.717) is 0 Å². The van der Waals surface area contributed by atoms with Crippen molar-refractivity contribution in [3.05, 3.63) is 0 Å². The molecule has 0 aliphatic heterocycles. The minimum atomic E-state index is -1.32. The number of ether oxygens (including phenoxy) is 2. The minimum Gasteiger partial charge on any atom is -0.399 e. The smallest absolute Gasteiger partial charge is 0.399 e. The van der Waals surface area contributed by atoms with Crippen molar-refractivity contribution >= 4 is 6.16 Å². The van der Waals surface area contributed by atoms with Gasteiger partial charge in [-0.3, -0.25) is 0 Å². The van der Waals surface area contributed by atoms with Crippen LogP contribution in [-0.2, 0) is 29.0 Å². The molecular formula is C23H46O7. The maximum Gasteiger partial charge on any atom is 0.513 e. The van der Waals surface area contributed by atoms with Gasteiger partial charge in [-0.2, -0.15) is 9.78 Å². The summed E-state index contributed by atoms with van der Waals surface area (Å²) in [6.45, 7) is 18.4. The van der Waals surface area contributed by atoms with Gasteiger partial charge in [-0.25, -0.2) is 14.6 Å². The van der Waals surface area contributed by atoms with Crippen molar-refractivity contribution in [1.82, 2.24) is 0 Å². The van der Waals surface area contributed by atoms with Gasteiger partial charge >= 0.3 is 6.16 Å². The Kier molecular flexibility index (Phi) is 12.5. The Balaban J connectivity index is 4.48. The highest BCUT2D eigenvalue weighted by atomic mass is 17.3. The molecule has 0 unspecified atom stereocenters. The summed E-state index contributed by atoms with van der Waals surface area (Å²) >= 11 is 0. The summed E-state index contributed by atoms with van der Waals surface area (Å²) in [5, 5.41) is 0. The molecule has 30 heavy (non-hydrogen) atoms. The molecule has 0 N–H and O–H groups in total. The van der Waals surface area contributed by atoms with Gasteiger partial charge in [0.05, 0.1) is 11.2 Å². The summed E-state index contributed by atoms with van der Waals surface area (Å²) < 4.78 is 10.5. The van der Waals surface area contributed by atoms with E-state index in [1.54, 1.807) is 27.7 Å². The van der Waals surface area contributed by atoms with Gasteiger partial charge in [0.25, 0.3) is 0 Å². The van der Waals surface area contributed by atoms with Crippen molar-refractivity contribution in [3.63, 3.8) is 0 Å². The maximum absolute atomic E-state index is 12.2. The van der Waals surface area contributed by atoms with E-state index in [9.17, 15) is 4.79 Å². The van der Waals surface area contributed by atoms with Gasteiger partial charge in [0.1, 0.15) is 0 Å². The summed E-state index contributed by atoms with van der Waals surface area (Å²) in [5.41, 5.74) is -0.974. The summed E-state index contributed by atoms with van der Waals surface area (Å²) in [5.74, 6) is -2.65. The highest BCUT2D eigenvalue weighted by Crippen LogP contribution is 2.26. The van der Waals surface area contributed by atoms with Gasteiger partial charge in [-0.05, 0) is 40.5 Å². The average Bonchev–Trinajstić information content (AvgIpc) is 2.58. The molecule has 0 rings (SSSR count). The fourth-order valence-corrected chi connectivity index (χ4v) is 2.57. The normalized spacial score (nSPS) is 13.4. The summed E-state index contributed by atoms with van der Waals surface area (Å²) in [6.07, 6.45) is 7.35. The van der Waals surface area contributed by atoms with Gasteiger partial charge in [-0.1, -0.05) is 52.4 Å². The predicted octanol–water partition coefficient (Wildman–Crippen LogP) is 7.23. The molecule has 0 aliphatic rings. The Morgan fingerprint density at radius 3 is 1.20 bits per heavy atom. The van der Waals surface area contributed by atoms with Gasteiger partial charge in [0.2, 0.25) is 11.6 Å². The molecule has 0 aromatic heterocycles. The van der Waals surface area contributed by atoms with Crippen molar-refractivity contribution in [2.24, 2.45) is 0 Å². The summed E-state index contributed by atoms with van der Waals surface area (Å²) in [7, 11) is 0. The van der Waals surface area contributed by atoms with E-state index in [2.05, 4.69) is 13.8 Å². The lowest BCUT2D eigenvalue weighted by Gasteiger charge is -2.32. The molecule has 0 radical (unpaired) electrons. The molecule has 0 aliphatic carbocycles. The number of hydrogen-bond donors (Lipinski definition) is 0. The highest BCUT2D eigenvalue weighted by molar-refractivity contribution is 5.60. The molecule has 0 bridgehead atoms. The van der Waals surface area contributed by atoms with Gasteiger partial charge in [0, 0.05) is 27.7 Å². The van der Waals surface area contributed by atoms with Crippen molar-refractivity contribution < 1.29 is 33.8 Å². The van der Waals surface area contributed by atoms with Crippen LogP contribution in [0.15, 0.2) is 0 Å². The number of rotatable bonds is 16. The number of unbranched alkanes of at least 4 members (excludes halogenated alkanes) is 4. The zero-order valence-electron chi connectivity index (χ0n) is 21.0. The quantitative estimate of drug-likeness (QED) is 0.0834. The molecule has 0 atom stereocenters. The van der Waals surface area contributed by atoms with Crippen LogP contribution in [-0.4, -0.2) is 28.9 Å². The number of carbonyl (C=O) groups excluding carboxylic acids is 1. The van der Waals surface area contributed by atoms with Crippen LogP contribution in [0, 0.1) is 0 Å². The Morgan fingerprint density at radius 1 is 0.567 bits per heavy atom. The minimum absolute atomic E-state index is 0.487. The first kappa shape index (κ1) is 29.1. The van der Waals surface area contributed by atoms with Gasteiger partial charge in [-0.15, -0.1) is 0 Å². The lowest BCUT2D eigenvalue weighted by Crippen LogP contribution is -2.40. The fourth-order valence-electron chi connectivity index (χ4n) is 2.57. The van der Waals surface area contributed by atoms with Crippen LogP contribution in [0.1, 0.15) is 121 Å². The SMILES string of the molecule is CCCCCC(C)(C)OOC(C)(C)OC(=O)OC(C)(C)OOC(C)(C)CCCCC. The molecule has 0 heterocycles. The molecule has 0 spiro atoms. The van der Waals surface area contributed by atoms with Crippen molar-refractivity contribution in [1.29, 1.82) is 0 Å². The second kappa shape index (κ2) is 12.8. The first-order valence-corrected chi connectivity index (χ1v) is 11.3. The Hall–Kier alpha value is -0.890. The Labute approximate surface area is 183 Å². The van der Waals surface area contributed by atoms with Gasteiger partial charge < -0.3 is 9.47 Å². The third kappa shape index (κ3) is 15.0.